The maximum Gasteiger partial charge on any atom is 0.113 e. The number of aromatic nitrogens is 3. The number of hydrogen-bond donors (Lipinski definition) is 0. The van der Waals surface area contributed by atoms with E-state index >= 15 is 0 Å². The molecule has 192 valence electrons. The first-order chi connectivity index (χ1) is 17.6. The predicted molar refractivity (Wildman–Crippen MR) is 142 cm³/mol. The second-order valence-corrected chi connectivity index (χ2v) is 12.9. The Morgan fingerprint density at radius 1 is 0.944 bits per heavy atom. The Labute approximate surface area is 216 Å². The summed E-state index contributed by atoms with van der Waals surface area (Å²) in [5, 5.41) is 9.27. The molecule has 2 heterocycles. The standard InChI is InChI=1S/C31H42N4O/c1-30-14-12-24(34-16-18-36-19-17-34)20-23(30)8-9-25-26-10-11-29(31(26,2)15-13-27(25)30)35-21-28(32-33-35)22-6-4-3-5-7-22/h3-8,21,24-27,29H,9-20H2,1-2H3/t24-,25?,26?,27?,29-,30+,31+/m1/s1. The number of fused-ring (bicyclic) bond motifs is 5. The fourth-order valence-corrected chi connectivity index (χ4v) is 9.47. The monoisotopic (exact) mass is 486 g/mol. The largest absolute Gasteiger partial charge is 0.379 e. The van der Waals surface area contributed by atoms with Crippen LogP contribution in [0.25, 0.3) is 11.3 Å². The second-order valence-electron chi connectivity index (χ2n) is 12.9. The molecule has 5 heteroatoms. The molecular weight excluding hydrogens is 444 g/mol. The SMILES string of the molecule is C[C@]12CC[C@@H](N3CCOCC3)CC1=CCC1C2CC[C@@]2(C)C1CC[C@H]2n1cc(-c2ccccc2)nn1. The Morgan fingerprint density at radius 2 is 1.78 bits per heavy atom. The zero-order chi connectivity index (χ0) is 24.3. The Bertz CT molecular complexity index is 1120. The van der Waals surface area contributed by atoms with Crippen molar-refractivity contribution in [3.05, 3.63) is 48.2 Å². The van der Waals surface area contributed by atoms with Crippen molar-refractivity contribution in [2.24, 2.45) is 28.6 Å². The molecule has 36 heavy (non-hydrogen) atoms. The average molecular weight is 487 g/mol. The van der Waals surface area contributed by atoms with Crippen molar-refractivity contribution in [1.82, 2.24) is 19.9 Å². The number of hydrogen-bond acceptors (Lipinski definition) is 4. The molecule has 5 nitrogen and oxygen atoms in total. The number of nitrogens with zero attached hydrogens (tertiary/aromatic N) is 4. The van der Waals surface area contributed by atoms with Gasteiger partial charge in [-0.25, -0.2) is 4.68 Å². The second kappa shape index (κ2) is 8.80. The summed E-state index contributed by atoms with van der Waals surface area (Å²) >= 11 is 0. The molecule has 0 amide bonds. The van der Waals surface area contributed by atoms with Crippen LogP contribution in [-0.2, 0) is 4.74 Å². The van der Waals surface area contributed by atoms with Gasteiger partial charge in [-0.3, -0.25) is 4.90 Å². The van der Waals surface area contributed by atoms with Gasteiger partial charge in [0.2, 0.25) is 0 Å². The first kappa shape index (κ1) is 23.2. The molecule has 0 spiro atoms. The number of allylic oxidation sites excluding steroid dienone is 1. The van der Waals surface area contributed by atoms with Crippen molar-refractivity contribution in [1.29, 1.82) is 0 Å². The minimum Gasteiger partial charge on any atom is -0.379 e. The number of morpholine rings is 1. The molecule has 3 unspecified atom stereocenters. The van der Waals surface area contributed by atoms with E-state index in [1.54, 1.807) is 5.57 Å². The van der Waals surface area contributed by atoms with Crippen LogP contribution in [0.4, 0.5) is 0 Å². The van der Waals surface area contributed by atoms with E-state index in [-0.39, 0.29) is 0 Å². The summed E-state index contributed by atoms with van der Waals surface area (Å²) in [7, 11) is 0. The van der Waals surface area contributed by atoms with Crippen molar-refractivity contribution in [3.63, 3.8) is 0 Å². The van der Waals surface area contributed by atoms with Gasteiger partial charge in [0.25, 0.3) is 0 Å². The van der Waals surface area contributed by atoms with Crippen LogP contribution in [-0.4, -0.2) is 52.2 Å². The molecule has 7 atom stereocenters. The van der Waals surface area contributed by atoms with E-state index in [1.807, 2.05) is 0 Å². The highest BCUT2D eigenvalue weighted by Crippen LogP contribution is 2.67. The Balaban J connectivity index is 1.11. The van der Waals surface area contributed by atoms with E-state index in [4.69, 9.17) is 4.74 Å². The van der Waals surface area contributed by atoms with Crippen molar-refractivity contribution in [3.8, 4) is 11.3 Å². The zero-order valence-corrected chi connectivity index (χ0v) is 22.1. The highest BCUT2D eigenvalue weighted by molar-refractivity contribution is 5.57. The van der Waals surface area contributed by atoms with Crippen LogP contribution in [0.15, 0.2) is 48.2 Å². The number of ether oxygens (including phenoxy) is 1. The van der Waals surface area contributed by atoms with Gasteiger partial charge in [0.05, 0.1) is 25.5 Å². The van der Waals surface area contributed by atoms with Gasteiger partial charge < -0.3 is 4.74 Å². The summed E-state index contributed by atoms with van der Waals surface area (Å²) in [5.41, 5.74) is 4.71. The average Bonchev–Trinajstić information content (AvgIpc) is 3.53. The fraction of sp³-hybridized carbons (Fsp3) is 0.677. The van der Waals surface area contributed by atoms with Crippen molar-refractivity contribution in [2.45, 2.75) is 77.3 Å². The molecule has 1 aliphatic heterocycles. The Hall–Kier alpha value is -1.98. The summed E-state index contributed by atoms with van der Waals surface area (Å²) in [6.45, 7) is 9.30. The minimum atomic E-state index is 0.329. The fourth-order valence-electron chi connectivity index (χ4n) is 9.47. The van der Waals surface area contributed by atoms with Gasteiger partial charge in [0.1, 0.15) is 5.69 Å². The number of benzene rings is 1. The topological polar surface area (TPSA) is 43.2 Å². The lowest BCUT2D eigenvalue weighted by Crippen LogP contribution is -2.53. The molecule has 7 rings (SSSR count). The Kier molecular flexibility index (Phi) is 5.66. The van der Waals surface area contributed by atoms with Crippen LogP contribution in [0.1, 0.15) is 71.3 Å². The predicted octanol–water partition coefficient (Wildman–Crippen LogP) is 6.15. The van der Waals surface area contributed by atoms with E-state index in [0.717, 1.165) is 61.4 Å². The van der Waals surface area contributed by atoms with Crippen LogP contribution in [0, 0.1) is 28.6 Å². The van der Waals surface area contributed by atoms with E-state index in [1.165, 1.54) is 51.4 Å². The van der Waals surface area contributed by atoms with Gasteiger partial charge in [-0.1, -0.05) is 61.0 Å². The third-order valence-electron chi connectivity index (χ3n) is 11.5. The molecule has 1 aromatic heterocycles. The highest BCUT2D eigenvalue weighted by atomic mass is 16.5. The minimum absolute atomic E-state index is 0.329. The van der Waals surface area contributed by atoms with Crippen LogP contribution in [0.5, 0.6) is 0 Å². The third-order valence-corrected chi connectivity index (χ3v) is 11.5. The van der Waals surface area contributed by atoms with Crippen molar-refractivity contribution in [2.75, 3.05) is 26.3 Å². The van der Waals surface area contributed by atoms with Crippen LogP contribution in [0.2, 0.25) is 0 Å². The van der Waals surface area contributed by atoms with Gasteiger partial charge in [0.15, 0.2) is 0 Å². The summed E-state index contributed by atoms with van der Waals surface area (Å²) < 4.78 is 7.87. The van der Waals surface area contributed by atoms with E-state index < -0.39 is 0 Å². The van der Waals surface area contributed by atoms with Crippen molar-refractivity contribution >= 4 is 0 Å². The molecule has 1 saturated heterocycles. The lowest BCUT2D eigenvalue weighted by molar-refractivity contribution is -0.0511. The summed E-state index contributed by atoms with van der Waals surface area (Å²) in [5.74, 6) is 2.49. The first-order valence-electron chi connectivity index (χ1n) is 14.5. The third kappa shape index (κ3) is 3.56. The molecule has 2 aromatic rings. The van der Waals surface area contributed by atoms with Gasteiger partial charge in [0, 0.05) is 24.7 Å². The highest BCUT2D eigenvalue weighted by Gasteiger charge is 2.59. The van der Waals surface area contributed by atoms with E-state index in [0.29, 0.717) is 16.9 Å². The molecule has 5 aliphatic rings. The van der Waals surface area contributed by atoms with Gasteiger partial charge in [-0.05, 0) is 80.0 Å². The maximum atomic E-state index is 5.64. The Morgan fingerprint density at radius 3 is 2.61 bits per heavy atom. The van der Waals surface area contributed by atoms with Gasteiger partial charge in [-0.2, -0.15) is 0 Å². The smallest absolute Gasteiger partial charge is 0.113 e. The molecule has 0 bridgehead atoms. The van der Waals surface area contributed by atoms with Crippen LogP contribution >= 0.6 is 0 Å². The van der Waals surface area contributed by atoms with Crippen molar-refractivity contribution < 1.29 is 4.74 Å². The molecule has 3 saturated carbocycles. The number of rotatable bonds is 3. The summed E-state index contributed by atoms with van der Waals surface area (Å²) in [6.07, 6.45) is 15.6. The lowest BCUT2D eigenvalue weighted by Gasteiger charge is -2.58. The van der Waals surface area contributed by atoms with E-state index in [9.17, 15) is 0 Å². The van der Waals surface area contributed by atoms with Crippen LogP contribution in [0.3, 0.4) is 0 Å². The quantitative estimate of drug-likeness (QED) is 0.488. The molecular formula is C31H42N4O. The van der Waals surface area contributed by atoms with Crippen LogP contribution < -0.4 is 0 Å². The van der Waals surface area contributed by atoms with Gasteiger partial charge in [-0.15, -0.1) is 5.10 Å². The summed E-state index contributed by atoms with van der Waals surface area (Å²) in [4.78, 5) is 2.72. The molecule has 1 aromatic carbocycles. The molecule has 0 N–H and O–H groups in total. The normalized spacial score (nSPS) is 40.7. The lowest BCUT2D eigenvalue weighted by atomic mass is 9.47. The molecule has 4 aliphatic carbocycles. The summed E-state index contributed by atoms with van der Waals surface area (Å²) in [6, 6.07) is 11.7. The maximum absolute atomic E-state index is 5.64. The zero-order valence-electron chi connectivity index (χ0n) is 22.1. The van der Waals surface area contributed by atoms with Gasteiger partial charge >= 0.3 is 0 Å². The molecule has 4 fully saturated rings. The first-order valence-corrected chi connectivity index (χ1v) is 14.5. The van der Waals surface area contributed by atoms with E-state index in [2.05, 4.69) is 76.3 Å². The molecule has 0 radical (unpaired) electrons.